The molecular formula is C12H14N4O2S. The molecule has 3 heterocycles. The zero-order valence-electron chi connectivity index (χ0n) is 10.3. The van der Waals surface area contributed by atoms with Gasteiger partial charge < -0.3 is 4.90 Å². The molecule has 3 rings (SSSR count). The Labute approximate surface area is 114 Å². The first kappa shape index (κ1) is 12.3. The second-order valence-electron chi connectivity index (χ2n) is 4.62. The number of nitrogens with one attached hydrogen (secondary N) is 1. The number of aromatic nitrogens is 1. The minimum Gasteiger partial charge on any atom is -0.328 e. The van der Waals surface area contributed by atoms with Gasteiger partial charge in [0.05, 0.1) is 6.04 Å². The van der Waals surface area contributed by atoms with Gasteiger partial charge >= 0.3 is 0 Å². The van der Waals surface area contributed by atoms with Crippen LogP contribution in [0.15, 0.2) is 16.7 Å². The third kappa shape index (κ3) is 2.37. The third-order valence-electron chi connectivity index (χ3n) is 3.40. The first-order valence-corrected chi connectivity index (χ1v) is 7.19. The van der Waals surface area contributed by atoms with Gasteiger partial charge in [0.25, 0.3) is 5.91 Å². The SMILES string of the molecule is O=C1CCC(C(=O)N2CCCC2c2nccs2)=NN1. The monoisotopic (exact) mass is 278 g/mol. The molecule has 100 valence electrons. The Morgan fingerprint density at radius 2 is 2.37 bits per heavy atom. The summed E-state index contributed by atoms with van der Waals surface area (Å²) < 4.78 is 0. The van der Waals surface area contributed by atoms with Crippen molar-refractivity contribution in [3.8, 4) is 0 Å². The molecule has 0 spiro atoms. The highest BCUT2D eigenvalue weighted by molar-refractivity contribution is 7.09. The van der Waals surface area contributed by atoms with E-state index in [1.807, 2.05) is 10.3 Å². The molecule has 19 heavy (non-hydrogen) atoms. The van der Waals surface area contributed by atoms with Gasteiger partial charge in [-0.1, -0.05) is 0 Å². The first-order valence-electron chi connectivity index (χ1n) is 6.31. The molecular weight excluding hydrogens is 264 g/mol. The van der Waals surface area contributed by atoms with Crippen molar-refractivity contribution in [3.63, 3.8) is 0 Å². The quantitative estimate of drug-likeness (QED) is 0.879. The average molecular weight is 278 g/mol. The predicted octanol–water partition coefficient (Wildman–Crippen LogP) is 1.07. The molecule has 2 aliphatic heterocycles. The van der Waals surface area contributed by atoms with E-state index in [0.29, 0.717) is 18.6 Å². The Morgan fingerprint density at radius 3 is 3.05 bits per heavy atom. The number of rotatable bonds is 2. The molecule has 1 fully saturated rings. The van der Waals surface area contributed by atoms with Crippen LogP contribution in [0.1, 0.15) is 36.7 Å². The molecule has 6 nitrogen and oxygen atoms in total. The Hall–Kier alpha value is -1.76. The number of hydrogen-bond acceptors (Lipinski definition) is 5. The molecule has 1 unspecified atom stereocenters. The van der Waals surface area contributed by atoms with Crippen LogP contribution in [0.4, 0.5) is 0 Å². The van der Waals surface area contributed by atoms with Crippen molar-refractivity contribution in [1.82, 2.24) is 15.3 Å². The highest BCUT2D eigenvalue weighted by Crippen LogP contribution is 2.33. The lowest BCUT2D eigenvalue weighted by atomic mass is 10.1. The molecule has 1 saturated heterocycles. The fraction of sp³-hybridized carbons (Fsp3) is 0.500. The van der Waals surface area contributed by atoms with Crippen LogP contribution in [0.5, 0.6) is 0 Å². The average Bonchev–Trinajstić information content (AvgIpc) is 3.09. The van der Waals surface area contributed by atoms with Gasteiger partial charge in [0, 0.05) is 31.0 Å². The van der Waals surface area contributed by atoms with Crippen LogP contribution in [0.2, 0.25) is 0 Å². The van der Waals surface area contributed by atoms with E-state index in [-0.39, 0.29) is 17.9 Å². The molecule has 1 aromatic heterocycles. The number of amides is 2. The minimum absolute atomic E-state index is 0.0628. The lowest BCUT2D eigenvalue weighted by Crippen LogP contribution is -2.39. The molecule has 0 radical (unpaired) electrons. The van der Waals surface area contributed by atoms with E-state index in [4.69, 9.17) is 0 Å². The molecule has 1 N–H and O–H groups in total. The highest BCUT2D eigenvalue weighted by atomic mass is 32.1. The van der Waals surface area contributed by atoms with Crippen molar-refractivity contribution in [1.29, 1.82) is 0 Å². The van der Waals surface area contributed by atoms with Gasteiger partial charge in [-0.05, 0) is 12.8 Å². The maximum Gasteiger partial charge on any atom is 0.270 e. The van der Waals surface area contributed by atoms with E-state index in [1.54, 1.807) is 17.5 Å². The molecule has 2 amide bonds. The van der Waals surface area contributed by atoms with Gasteiger partial charge in [0.1, 0.15) is 10.7 Å². The summed E-state index contributed by atoms with van der Waals surface area (Å²) in [7, 11) is 0. The second-order valence-corrected chi connectivity index (χ2v) is 5.55. The Morgan fingerprint density at radius 1 is 1.47 bits per heavy atom. The Kier molecular flexibility index (Phi) is 3.29. The number of hydrogen-bond donors (Lipinski definition) is 1. The number of hydrazone groups is 1. The molecule has 0 bridgehead atoms. The smallest absolute Gasteiger partial charge is 0.270 e. The molecule has 7 heteroatoms. The van der Waals surface area contributed by atoms with E-state index in [2.05, 4.69) is 15.5 Å². The number of carbonyl (C=O) groups is 2. The molecule has 1 aromatic rings. The number of thiazole rings is 1. The fourth-order valence-corrected chi connectivity index (χ4v) is 3.24. The lowest BCUT2D eigenvalue weighted by molar-refractivity contribution is -0.125. The van der Waals surface area contributed by atoms with Crippen molar-refractivity contribution in [2.24, 2.45) is 5.10 Å². The van der Waals surface area contributed by atoms with Gasteiger partial charge in [-0.25, -0.2) is 10.4 Å². The van der Waals surface area contributed by atoms with Crippen LogP contribution in [0, 0.1) is 0 Å². The van der Waals surface area contributed by atoms with Crippen LogP contribution in [0.25, 0.3) is 0 Å². The second kappa shape index (κ2) is 5.08. The summed E-state index contributed by atoms with van der Waals surface area (Å²) >= 11 is 1.57. The summed E-state index contributed by atoms with van der Waals surface area (Å²) in [6.07, 6.45) is 4.44. The van der Waals surface area contributed by atoms with E-state index in [1.165, 1.54) is 0 Å². The van der Waals surface area contributed by atoms with E-state index >= 15 is 0 Å². The van der Waals surface area contributed by atoms with Gasteiger partial charge in [-0.2, -0.15) is 5.10 Å². The minimum atomic E-state index is -0.130. The van der Waals surface area contributed by atoms with Crippen LogP contribution in [-0.2, 0) is 9.59 Å². The van der Waals surface area contributed by atoms with Crippen LogP contribution >= 0.6 is 11.3 Å². The van der Waals surface area contributed by atoms with Gasteiger partial charge in [0.2, 0.25) is 5.91 Å². The summed E-state index contributed by atoms with van der Waals surface area (Å²) in [6.45, 7) is 0.732. The van der Waals surface area contributed by atoms with Gasteiger partial charge in [0.15, 0.2) is 0 Å². The van der Waals surface area contributed by atoms with Crippen molar-refractivity contribution in [2.75, 3.05) is 6.54 Å². The zero-order chi connectivity index (χ0) is 13.2. The van der Waals surface area contributed by atoms with Crippen LogP contribution in [-0.4, -0.2) is 34.0 Å². The van der Waals surface area contributed by atoms with Crippen molar-refractivity contribution in [2.45, 2.75) is 31.7 Å². The number of carbonyl (C=O) groups excluding carboxylic acids is 2. The normalized spacial score (nSPS) is 23.2. The molecule has 0 aromatic carbocycles. The van der Waals surface area contributed by atoms with Crippen molar-refractivity contribution in [3.05, 3.63) is 16.6 Å². The summed E-state index contributed by atoms with van der Waals surface area (Å²) in [4.78, 5) is 29.6. The van der Waals surface area contributed by atoms with E-state index < -0.39 is 0 Å². The highest BCUT2D eigenvalue weighted by Gasteiger charge is 2.34. The number of likely N-dealkylation sites (tertiary alicyclic amines) is 1. The maximum absolute atomic E-state index is 12.4. The summed E-state index contributed by atoms with van der Waals surface area (Å²) in [5.74, 6) is -0.202. The van der Waals surface area contributed by atoms with E-state index in [9.17, 15) is 9.59 Å². The van der Waals surface area contributed by atoms with Crippen molar-refractivity contribution < 1.29 is 9.59 Å². The maximum atomic E-state index is 12.4. The zero-order valence-corrected chi connectivity index (χ0v) is 11.2. The van der Waals surface area contributed by atoms with Gasteiger partial charge in [-0.3, -0.25) is 9.59 Å². The number of nitrogens with zero attached hydrogens (tertiary/aromatic N) is 3. The van der Waals surface area contributed by atoms with Crippen LogP contribution < -0.4 is 5.43 Å². The lowest BCUT2D eigenvalue weighted by Gasteiger charge is -2.24. The topological polar surface area (TPSA) is 74.7 Å². The Bertz CT molecular complexity index is 526. The summed E-state index contributed by atoms with van der Waals surface area (Å²) in [5.41, 5.74) is 2.82. The first-order chi connectivity index (χ1) is 9.25. The van der Waals surface area contributed by atoms with E-state index in [0.717, 1.165) is 24.4 Å². The largest absolute Gasteiger partial charge is 0.328 e. The standard InChI is InChI=1S/C12H14N4O2S/c17-10-4-3-8(14-15-10)12(18)16-6-1-2-9(16)11-13-5-7-19-11/h5,7,9H,1-4,6H2,(H,15,17). The molecule has 2 aliphatic rings. The fourth-order valence-electron chi connectivity index (χ4n) is 2.46. The summed E-state index contributed by atoms with van der Waals surface area (Å²) in [6, 6.07) is 0.0628. The predicted molar refractivity (Wildman–Crippen MR) is 70.6 cm³/mol. The third-order valence-corrected chi connectivity index (χ3v) is 4.28. The van der Waals surface area contributed by atoms with Crippen LogP contribution in [0.3, 0.4) is 0 Å². The molecule has 0 aliphatic carbocycles. The molecule has 1 atom stereocenters. The Balaban J connectivity index is 1.77. The summed E-state index contributed by atoms with van der Waals surface area (Å²) in [5, 5.41) is 6.78. The molecule has 0 saturated carbocycles. The van der Waals surface area contributed by atoms with Crippen molar-refractivity contribution >= 4 is 28.9 Å². The van der Waals surface area contributed by atoms with Gasteiger partial charge in [-0.15, -0.1) is 11.3 Å².